The van der Waals surface area contributed by atoms with Crippen molar-refractivity contribution in [2.75, 3.05) is 6.54 Å². The lowest BCUT2D eigenvalue weighted by atomic mass is 10.2. The summed E-state index contributed by atoms with van der Waals surface area (Å²) in [6.45, 7) is 4.24. The van der Waals surface area contributed by atoms with Crippen LogP contribution in [0.3, 0.4) is 0 Å². The average Bonchev–Trinajstić information content (AvgIpc) is 2.54. The third-order valence-corrected chi connectivity index (χ3v) is 3.38. The fourth-order valence-electron chi connectivity index (χ4n) is 2.20. The first-order valence-corrected chi connectivity index (χ1v) is 7.68. The smallest absolute Gasteiger partial charge is 0.254 e. The lowest BCUT2D eigenvalue weighted by Crippen LogP contribution is -2.34. The first kappa shape index (κ1) is 16.9. The van der Waals surface area contributed by atoms with Crippen molar-refractivity contribution in [1.82, 2.24) is 14.9 Å². The summed E-state index contributed by atoms with van der Waals surface area (Å²) in [7, 11) is 0. The van der Waals surface area contributed by atoms with E-state index in [0.29, 0.717) is 30.0 Å². The maximum Gasteiger partial charge on any atom is 0.254 e. The van der Waals surface area contributed by atoms with Crippen LogP contribution in [0, 0.1) is 5.82 Å². The second-order valence-corrected chi connectivity index (χ2v) is 5.21. The van der Waals surface area contributed by atoms with Gasteiger partial charge in [0, 0.05) is 23.9 Å². The fourth-order valence-corrected chi connectivity index (χ4v) is 2.20. The molecule has 0 saturated heterocycles. The summed E-state index contributed by atoms with van der Waals surface area (Å²) in [5.41, 5.74) is 0.767. The summed E-state index contributed by atoms with van der Waals surface area (Å²) < 4.78 is 14.8. The minimum Gasteiger partial charge on any atom is -0.355 e. The quantitative estimate of drug-likeness (QED) is 0.888. The highest BCUT2D eigenvalue weighted by Crippen LogP contribution is 2.17. The van der Waals surface area contributed by atoms with Crippen molar-refractivity contribution in [2.24, 2.45) is 0 Å². The molecule has 0 fully saturated rings. The normalized spacial score (nSPS) is 10.6. The first-order chi connectivity index (χ1) is 11.0. The molecule has 1 aromatic heterocycles. The van der Waals surface area contributed by atoms with Crippen molar-refractivity contribution in [2.45, 2.75) is 33.2 Å². The molecular formula is C17H20FN3O2. The van der Waals surface area contributed by atoms with Crippen LogP contribution in [0.5, 0.6) is 0 Å². The Balaban J connectivity index is 2.48. The van der Waals surface area contributed by atoms with Gasteiger partial charge >= 0.3 is 0 Å². The number of nitrogens with one attached hydrogen (secondary N) is 1. The van der Waals surface area contributed by atoms with Gasteiger partial charge in [-0.1, -0.05) is 26.0 Å². The van der Waals surface area contributed by atoms with Gasteiger partial charge in [0.25, 0.3) is 5.56 Å². The number of carbonyl (C=O) groups excluding carboxylic acids is 1. The van der Waals surface area contributed by atoms with Gasteiger partial charge in [0.15, 0.2) is 0 Å². The van der Waals surface area contributed by atoms with Crippen LogP contribution in [0.1, 0.15) is 26.0 Å². The van der Waals surface area contributed by atoms with Gasteiger partial charge in [-0.05, 0) is 25.0 Å². The zero-order valence-corrected chi connectivity index (χ0v) is 13.3. The number of halogens is 1. The minimum absolute atomic E-state index is 0.137. The van der Waals surface area contributed by atoms with E-state index in [0.717, 1.165) is 6.42 Å². The molecule has 0 radical (unpaired) electrons. The van der Waals surface area contributed by atoms with Crippen LogP contribution in [0.25, 0.3) is 11.4 Å². The summed E-state index contributed by atoms with van der Waals surface area (Å²) in [5, 5.41) is 2.73. The van der Waals surface area contributed by atoms with Crippen LogP contribution in [-0.4, -0.2) is 22.0 Å². The zero-order valence-electron chi connectivity index (χ0n) is 13.3. The lowest BCUT2D eigenvalue weighted by molar-refractivity contribution is -0.121. The maximum atomic E-state index is 13.5. The molecule has 1 amide bonds. The Labute approximate surface area is 134 Å². The second kappa shape index (κ2) is 7.67. The highest BCUT2D eigenvalue weighted by molar-refractivity contribution is 5.76. The Morgan fingerprint density at radius 1 is 1.30 bits per heavy atom. The third-order valence-electron chi connectivity index (χ3n) is 3.38. The predicted molar refractivity (Wildman–Crippen MR) is 86.6 cm³/mol. The molecule has 122 valence electrons. The van der Waals surface area contributed by atoms with Crippen molar-refractivity contribution in [3.63, 3.8) is 0 Å². The number of hydrogen-bond acceptors (Lipinski definition) is 3. The van der Waals surface area contributed by atoms with E-state index in [1.54, 1.807) is 12.1 Å². The SMILES string of the molecule is CCCNC(=O)Cn1c(-c2cccc(F)c2)nc(CC)cc1=O. The molecule has 2 rings (SSSR count). The number of hydrogen-bond donors (Lipinski definition) is 1. The van der Waals surface area contributed by atoms with Gasteiger partial charge in [-0.3, -0.25) is 14.2 Å². The number of rotatable bonds is 6. The van der Waals surface area contributed by atoms with Crippen molar-refractivity contribution in [1.29, 1.82) is 0 Å². The highest BCUT2D eigenvalue weighted by atomic mass is 19.1. The Hall–Kier alpha value is -2.50. The molecule has 0 aliphatic carbocycles. The average molecular weight is 317 g/mol. The van der Waals surface area contributed by atoms with Crippen LogP contribution in [0.4, 0.5) is 4.39 Å². The molecule has 2 aromatic rings. The minimum atomic E-state index is -0.416. The predicted octanol–water partition coefficient (Wildman–Crippen LogP) is 2.14. The number of nitrogens with zero attached hydrogens (tertiary/aromatic N) is 2. The number of carbonyl (C=O) groups is 1. The standard InChI is InChI=1S/C17H20FN3O2/c1-3-8-19-15(22)11-21-16(23)10-14(4-2)20-17(21)12-6-5-7-13(18)9-12/h5-7,9-10H,3-4,8,11H2,1-2H3,(H,19,22). The highest BCUT2D eigenvalue weighted by Gasteiger charge is 2.14. The molecule has 0 atom stereocenters. The van der Waals surface area contributed by atoms with Gasteiger partial charge in [0.2, 0.25) is 5.91 Å². The van der Waals surface area contributed by atoms with Gasteiger partial charge in [0.05, 0.1) is 0 Å². The molecular weight excluding hydrogens is 297 g/mol. The van der Waals surface area contributed by atoms with E-state index in [-0.39, 0.29) is 18.0 Å². The van der Waals surface area contributed by atoms with Crippen LogP contribution in [-0.2, 0) is 17.8 Å². The Kier molecular flexibility index (Phi) is 5.62. The summed E-state index contributed by atoms with van der Waals surface area (Å²) in [4.78, 5) is 28.7. The summed E-state index contributed by atoms with van der Waals surface area (Å²) in [6.07, 6.45) is 1.39. The van der Waals surface area contributed by atoms with Crippen LogP contribution in [0.2, 0.25) is 0 Å². The van der Waals surface area contributed by atoms with E-state index >= 15 is 0 Å². The number of benzene rings is 1. The molecule has 0 aliphatic rings. The molecule has 5 nitrogen and oxygen atoms in total. The van der Waals surface area contributed by atoms with Gasteiger partial charge in [-0.2, -0.15) is 0 Å². The molecule has 1 heterocycles. The topological polar surface area (TPSA) is 64.0 Å². The van der Waals surface area contributed by atoms with Crippen LogP contribution in [0.15, 0.2) is 35.1 Å². The zero-order chi connectivity index (χ0) is 16.8. The molecule has 0 spiro atoms. The lowest BCUT2D eigenvalue weighted by Gasteiger charge is -2.13. The first-order valence-electron chi connectivity index (χ1n) is 7.68. The van der Waals surface area contributed by atoms with Crippen molar-refractivity contribution in [3.8, 4) is 11.4 Å². The molecule has 23 heavy (non-hydrogen) atoms. The van der Waals surface area contributed by atoms with Gasteiger partial charge < -0.3 is 5.32 Å². The van der Waals surface area contributed by atoms with Crippen molar-refractivity contribution < 1.29 is 9.18 Å². The van der Waals surface area contributed by atoms with E-state index in [1.807, 2.05) is 13.8 Å². The van der Waals surface area contributed by atoms with Crippen LogP contribution < -0.4 is 10.9 Å². The number of aromatic nitrogens is 2. The van der Waals surface area contributed by atoms with E-state index < -0.39 is 5.82 Å². The van der Waals surface area contributed by atoms with Gasteiger partial charge in [-0.15, -0.1) is 0 Å². The Morgan fingerprint density at radius 3 is 2.74 bits per heavy atom. The summed E-state index contributed by atoms with van der Waals surface area (Å²) in [5.74, 6) is -0.376. The molecule has 6 heteroatoms. The van der Waals surface area contributed by atoms with Gasteiger partial charge in [0.1, 0.15) is 18.2 Å². The van der Waals surface area contributed by atoms with Gasteiger partial charge in [-0.25, -0.2) is 9.37 Å². The largest absolute Gasteiger partial charge is 0.355 e. The number of amides is 1. The Bertz CT molecular complexity index is 756. The molecule has 1 N–H and O–H groups in total. The molecule has 0 unspecified atom stereocenters. The van der Waals surface area contributed by atoms with E-state index in [2.05, 4.69) is 10.3 Å². The summed E-state index contributed by atoms with van der Waals surface area (Å²) >= 11 is 0. The molecule has 0 bridgehead atoms. The second-order valence-electron chi connectivity index (χ2n) is 5.21. The molecule has 0 aliphatic heterocycles. The number of aryl methyl sites for hydroxylation is 1. The van der Waals surface area contributed by atoms with E-state index in [9.17, 15) is 14.0 Å². The summed E-state index contributed by atoms with van der Waals surface area (Å²) in [6, 6.07) is 7.27. The van der Waals surface area contributed by atoms with Crippen LogP contribution >= 0.6 is 0 Å². The fraction of sp³-hybridized carbons (Fsp3) is 0.353. The van der Waals surface area contributed by atoms with E-state index in [1.165, 1.54) is 22.8 Å². The monoisotopic (exact) mass is 317 g/mol. The Morgan fingerprint density at radius 2 is 2.09 bits per heavy atom. The van der Waals surface area contributed by atoms with Crippen molar-refractivity contribution in [3.05, 3.63) is 52.2 Å². The maximum absolute atomic E-state index is 13.5. The molecule has 1 aromatic carbocycles. The molecule has 0 saturated carbocycles. The van der Waals surface area contributed by atoms with E-state index in [4.69, 9.17) is 0 Å². The van der Waals surface area contributed by atoms with Crippen molar-refractivity contribution >= 4 is 5.91 Å². The third kappa shape index (κ3) is 4.25.